The number of carbonyl (C=O) groups is 1. The largest absolute Gasteiger partial charge is 0.507 e. The number of nitrogens with one attached hydrogen (secondary N) is 1. The molecule has 1 fully saturated rings. The predicted octanol–water partition coefficient (Wildman–Crippen LogP) is 4.64. The van der Waals surface area contributed by atoms with Crippen LogP contribution in [0.15, 0.2) is 30.3 Å². The van der Waals surface area contributed by atoms with Crippen molar-refractivity contribution in [1.29, 1.82) is 0 Å². The van der Waals surface area contributed by atoms with Crippen molar-refractivity contribution in [1.82, 2.24) is 10.2 Å². The smallest absolute Gasteiger partial charge is 0.234 e. The fourth-order valence-corrected chi connectivity index (χ4v) is 5.54. The van der Waals surface area contributed by atoms with E-state index in [0.29, 0.717) is 18.2 Å². The van der Waals surface area contributed by atoms with Gasteiger partial charge in [0, 0.05) is 5.56 Å². The first-order chi connectivity index (χ1) is 15.2. The Balaban J connectivity index is 1.39. The maximum atomic E-state index is 13.0. The zero-order valence-electron chi connectivity index (χ0n) is 20.0. The Kier molecular flexibility index (Phi) is 6.22. The van der Waals surface area contributed by atoms with Crippen LogP contribution in [0, 0.1) is 19.3 Å². The van der Waals surface area contributed by atoms with Crippen LogP contribution in [0.2, 0.25) is 0 Å². The molecule has 1 aliphatic heterocycles. The molecule has 1 heterocycles. The number of ether oxygens (including phenoxy) is 1. The third-order valence-corrected chi connectivity index (χ3v) is 7.39. The fraction of sp³-hybridized carbons (Fsp3) is 0.519. The highest BCUT2D eigenvalue weighted by Crippen LogP contribution is 2.50. The second kappa shape index (κ2) is 8.78. The summed E-state index contributed by atoms with van der Waals surface area (Å²) in [5.74, 6) is 1.78. The highest BCUT2D eigenvalue weighted by atomic mass is 16.5. The maximum absolute atomic E-state index is 13.0. The monoisotopic (exact) mass is 436 g/mol. The molecule has 0 radical (unpaired) electrons. The molecule has 1 unspecified atom stereocenters. The topological polar surface area (TPSA) is 61.8 Å². The molecule has 2 aromatic carbocycles. The number of benzene rings is 2. The van der Waals surface area contributed by atoms with Gasteiger partial charge in [0.05, 0.1) is 19.7 Å². The van der Waals surface area contributed by atoms with E-state index in [1.807, 2.05) is 25.1 Å². The maximum Gasteiger partial charge on any atom is 0.234 e. The van der Waals surface area contributed by atoms with Gasteiger partial charge in [0.1, 0.15) is 11.5 Å². The Morgan fingerprint density at radius 1 is 1.19 bits per heavy atom. The Bertz CT molecular complexity index is 1010. The molecule has 2 aromatic rings. The molecule has 0 spiro atoms. The van der Waals surface area contributed by atoms with Crippen LogP contribution in [-0.2, 0) is 11.2 Å². The molecule has 1 saturated heterocycles. The van der Waals surface area contributed by atoms with Gasteiger partial charge in [0.25, 0.3) is 0 Å². The normalized spacial score (nSPS) is 20.7. The van der Waals surface area contributed by atoms with Crippen molar-refractivity contribution in [3.8, 4) is 11.5 Å². The van der Waals surface area contributed by atoms with Crippen LogP contribution < -0.4 is 10.1 Å². The molecule has 4 rings (SSSR count). The number of methoxy groups -OCH3 is 1. The number of hydrogen-bond donors (Lipinski definition) is 2. The molecule has 0 saturated carbocycles. The zero-order valence-corrected chi connectivity index (χ0v) is 20.0. The van der Waals surface area contributed by atoms with Crippen LogP contribution in [0.25, 0.3) is 0 Å². The third-order valence-electron chi connectivity index (χ3n) is 7.39. The second-order valence-electron chi connectivity index (χ2n) is 10.2. The SMILES string of the molecule is COc1cccc(C2CCN(CC(=O)NC3c4c(O)c(C)cc(C)c4CC3(C)C)CC2)c1. The Labute approximate surface area is 191 Å². The minimum Gasteiger partial charge on any atom is -0.507 e. The third kappa shape index (κ3) is 4.36. The molecule has 0 aromatic heterocycles. The zero-order chi connectivity index (χ0) is 23.0. The molecular formula is C27H36N2O3. The van der Waals surface area contributed by atoms with Gasteiger partial charge < -0.3 is 15.2 Å². The summed E-state index contributed by atoms with van der Waals surface area (Å²) in [6.07, 6.45) is 2.94. The lowest BCUT2D eigenvalue weighted by atomic mass is 9.85. The number of piperidine rings is 1. The fourth-order valence-electron chi connectivity index (χ4n) is 5.54. The molecular weight excluding hydrogens is 400 g/mol. The average Bonchev–Trinajstić information content (AvgIpc) is 3.03. The quantitative estimate of drug-likeness (QED) is 0.717. The number of likely N-dealkylation sites (tertiary alicyclic amines) is 1. The lowest BCUT2D eigenvalue weighted by molar-refractivity contribution is -0.124. The van der Waals surface area contributed by atoms with E-state index >= 15 is 0 Å². The van der Waals surface area contributed by atoms with Crippen LogP contribution >= 0.6 is 0 Å². The Morgan fingerprint density at radius 2 is 1.91 bits per heavy atom. The number of hydrogen-bond acceptors (Lipinski definition) is 4. The van der Waals surface area contributed by atoms with Crippen LogP contribution in [0.1, 0.15) is 66.5 Å². The summed E-state index contributed by atoms with van der Waals surface area (Å²) in [5, 5.41) is 14.1. The van der Waals surface area contributed by atoms with Gasteiger partial charge in [-0.15, -0.1) is 0 Å². The molecule has 5 heteroatoms. The van der Waals surface area contributed by atoms with E-state index in [2.05, 4.69) is 43.1 Å². The summed E-state index contributed by atoms with van der Waals surface area (Å²) >= 11 is 0. The van der Waals surface area contributed by atoms with Crippen LogP contribution in [0.4, 0.5) is 0 Å². The van der Waals surface area contributed by atoms with E-state index in [4.69, 9.17) is 4.74 Å². The first-order valence-corrected chi connectivity index (χ1v) is 11.7. The molecule has 1 amide bonds. The molecule has 2 aliphatic rings. The number of amides is 1. The minimum absolute atomic E-state index is 0.0364. The van der Waals surface area contributed by atoms with Gasteiger partial charge in [-0.1, -0.05) is 32.0 Å². The van der Waals surface area contributed by atoms with Crippen molar-refractivity contribution in [2.45, 2.75) is 58.9 Å². The first kappa shape index (κ1) is 22.7. The molecule has 1 atom stereocenters. The van der Waals surface area contributed by atoms with Crippen LogP contribution in [0.5, 0.6) is 11.5 Å². The first-order valence-electron chi connectivity index (χ1n) is 11.7. The number of nitrogens with zero attached hydrogens (tertiary/aromatic N) is 1. The molecule has 2 N–H and O–H groups in total. The Morgan fingerprint density at radius 3 is 2.59 bits per heavy atom. The number of phenols is 1. The van der Waals surface area contributed by atoms with Gasteiger partial charge >= 0.3 is 0 Å². The molecule has 5 nitrogen and oxygen atoms in total. The second-order valence-corrected chi connectivity index (χ2v) is 10.2. The lowest BCUT2D eigenvalue weighted by Gasteiger charge is -2.33. The highest BCUT2D eigenvalue weighted by molar-refractivity contribution is 5.79. The summed E-state index contributed by atoms with van der Waals surface area (Å²) in [5.41, 5.74) is 5.35. The van der Waals surface area contributed by atoms with Crippen molar-refractivity contribution in [2.75, 3.05) is 26.7 Å². The molecule has 172 valence electrons. The number of phenolic OH excluding ortho intramolecular Hbond substituents is 1. The van der Waals surface area contributed by atoms with Crippen LogP contribution in [0.3, 0.4) is 0 Å². The average molecular weight is 437 g/mol. The minimum atomic E-state index is -0.169. The van der Waals surface area contributed by atoms with Crippen molar-refractivity contribution < 1.29 is 14.6 Å². The van der Waals surface area contributed by atoms with E-state index in [1.54, 1.807) is 7.11 Å². The van der Waals surface area contributed by atoms with Gasteiger partial charge in [-0.2, -0.15) is 0 Å². The predicted molar refractivity (Wildman–Crippen MR) is 127 cm³/mol. The van der Waals surface area contributed by atoms with E-state index in [1.165, 1.54) is 16.7 Å². The highest BCUT2D eigenvalue weighted by Gasteiger charge is 2.43. The molecule has 1 aliphatic carbocycles. The van der Waals surface area contributed by atoms with Gasteiger partial charge in [0.15, 0.2) is 0 Å². The van der Waals surface area contributed by atoms with Gasteiger partial charge in [-0.25, -0.2) is 0 Å². The number of rotatable bonds is 5. The number of carbonyl (C=O) groups excluding carboxylic acids is 1. The summed E-state index contributed by atoms with van der Waals surface area (Å²) < 4.78 is 5.37. The molecule has 32 heavy (non-hydrogen) atoms. The van der Waals surface area contributed by atoms with E-state index in [0.717, 1.165) is 49.2 Å². The van der Waals surface area contributed by atoms with E-state index in [-0.39, 0.29) is 17.4 Å². The van der Waals surface area contributed by atoms with Crippen molar-refractivity contribution in [3.05, 3.63) is 58.1 Å². The summed E-state index contributed by atoms with van der Waals surface area (Å²) in [6.45, 7) is 10.6. The summed E-state index contributed by atoms with van der Waals surface area (Å²) in [7, 11) is 1.70. The van der Waals surface area contributed by atoms with Gasteiger partial charge in [-0.05, 0) is 91.9 Å². The van der Waals surface area contributed by atoms with Crippen molar-refractivity contribution in [3.63, 3.8) is 0 Å². The van der Waals surface area contributed by atoms with Crippen LogP contribution in [-0.4, -0.2) is 42.7 Å². The van der Waals surface area contributed by atoms with Crippen molar-refractivity contribution in [2.24, 2.45) is 5.41 Å². The summed E-state index contributed by atoms with van der Waals surface area (Å²) in [6, 6.07) is 10.2. The lowest BCUT2D eigenvalue weighted by Crippen LogP contribution is -2.44. The van der Waals surface area contributed by atoms with Crippen molar-refractivity contribution >= 4 is 5.91 Å². The van der Waals surface area contributed by atoms with E-state index < -0.39 is 0 Å². The number of aryl methyl sites for hydroxylation is 2. The standard InChI is InChI=1S/C27H36N2O3/c1-17-13-18(2)25(31)24-22(17)15-27(3,4)26(24)28-23(30)16-29-11-9-19(10-12-29)20-7-6-8-21(14-20)32-5/h6-8,13-14,19,26,31H,9-12,15-16H2,1-5H3,(H,28,30). The van der Waals surface area contributed by atoms with Gasteiger partial charge in [-0.3, -0.25) is 9.69 Å². The van der Waals surface area contributed by atoms with E-state index in [9.17, 15) is 9.90 Å². The number of fused-ring (bicyclic) bond motifs is 1. The Hall–Kier alpha value is -2.53. The molecule has 0 bridgehead atoms. The summed E-state index contributed by atoms with van der Waals surface area (Å²) in [4.78, 5) is 15.3. The van der Waals surface area contributed by atoms with Gasteiger partial charge in [0.2, 0.25) is 5.91 Å². The number of aromatic hydroxyl groups is 1.